The molecular formula is C22H35N3OS. The van der Waals surface area contributed by atoms with Crippen molar-refractivity contribution in [2.75, 3.05) is 13.1 Å². The number of nitrogens with zero attached hydrogens (tertiary/aromatic N) is 1. The van der Waals surface area contributed by atoms with Crippen molar-refractivity contribution >= 4 is 18.0 Å². The number of amides is 2. The molecule has 2 N–H and O–H groups in total. The van der Waals surface area contributed by atoms with Gasteiger partial charge in [0, 0.05) is 30.3 Å². The molecule has 150 valence electrons. The molecular weight excluding hydrogens is 354 g/mol. The first-order valence-electron chi connectivity index (χ1n) is 11.0. The highest BCUT2D eigenvalue weighted by Crippen LogP contribution is 2.48. The second-order valence-electron chi connectivity index (χ2n) is 8.93. The Morgan fingerprint density at radius 3 is 2.63 bits per heavy atom. The molecule has 5 heteroatoms. The van der Waals surface area contributed by atoms with Crippen molar-refractivity contribution in [3.05, 3.63) is 23.3 Å². The van der Waals surface area contributed by atoms with E-state index < -0.39 is 0 Å². The van der Waals surface area contributed by atoms with Crippen molar-refractivity contribution in [2.24, 2.45) is 11.8 Å². The topological polar surface area (TPSA) is 44.4 Å². The predicted molar refractivity (Wildman–Crippen MR) is 114 cm³/mol. The second-order valence-corrected chi connectivity index (χ2v) is 10.3. The van der Waals surface area contributed by atoms with E-state index in [2.05, 4.69) is 36.0 Å². The van der Waals surface area contributed by atoms with Crippen LogP contribution in [0.15, 0.2) is 23.3 Å². The van der Waals surface area contributed by atoms with Gasteiger partial charge in [0.05, 0.1) is 6.04 Å². The molecule has 1 saturated heterocycles. The number of allylic oxidation sites excluding steroid dienone is 3. The molecule has 4 nitrogen and oxygen atoms in total. The maximum Gasteiger partial charge on any atom is 0.317 e. The van der Waals surface area contributed by atoms with Gasteiger partial charge >= 0.3 is 6.03 Å². The number of piperidine rings is 1. The van der Waals surface area contributed by atoms with E-state index in [4.69, 9.17) is 0 Å². The first-order chi connectivity index (χ1) is 13.1. The van der Waals surface area contributed by atoms with Gasteiger partial charge in [0.15, 0.2) is 0 Å². The highest BCUT2D eigenvalue weighted by atomic mass is 32.2. The van der Waals surface area contributed by atoms with Crippen molar-refractivity contribution in [3.8, 4) is 0 Å². The minimum Gasteiger partial charge on any atom is -0.331 e. The first kappa shape index (κ1) is 19.4. The molecule has 0 bridgehead atoms. The van der Waals surface area contributed by atoms with E-state index in [-0.39, 0.29) is 12.1 Å². The van der Waals surface area contributed by atoms with Gasteiger partial charge in [-0.05, 0) is 62.9 Å². The summed E-state index contributed by atoms with van der Waals surface area (Å²) in [7, 11) is 0. The van der Waals surface area contributed by atoms with Gasteiger partial charge in [0.25, 0.3) is 0 Å². The summed E-state index contributed by atoms with van der Waals surface area (Å²) in [5.74, 6) is 1.20. The predicted octanol–water partition coefficient (Wildman–Crippen LogP) is 4.64. The summed E-state index contributed by atoms with van der Waals surface area (Å²) in [5, 5.41) is 4.08. The van der Waals surface area contributed by atoms with Crippen LogP contribution >= 0.6 is 11.9 Å². The Kier molecular flexibility index (Phi) is 6.18. The summed E-state index contributed by atoms with van der Waals surface area (Å²) in [5.41, 5.74) is 3.25. The molecule has 0 radical (unpaired) electrons. The van der Waals surface area contributed by atoms with E-state index in [1.54, 1.807) is 11.1 Å². The molecule has 1 aliphatic heterocycles. The van der Waals surface area contributed by atoms with Crippen LogP contribution in [-0.2, 0) is 0 Å². The third-order valence-corrected chi connectivity index (χ3v) is 7.70. The van der Waals surface area contributed by atoms with Crippen LogP contribution < -0.4 is 10.0 Å². The Morgan fingerprint density at radius 1 is 1.15 bits per heavy atom. The van der Waals surface area contributed by atoms with Crippen LogP contribution in [0, 0.1) is 11.8 Å². The zero-order valence-electron chi connectivity index (χ0n) is 16.9. The van der Waals surface area contributed by atoms with Crippen LogP contribution in [0.25, 0.3) is 0 Å². The number of nitrogens with one attached hydrogen (secondary N) is 2. The van der Waals surface area contributed by atoms with Crippen molar-refractivity contribution in [2.45, 2.75) is 82.5 Å². The van der Waals surface area contributed by atoms with Crippen molar-refractivity contribution in [3.63, 3.8) is 0 Å². The molecule has 4 rings (SSSR count). The number of fused-ring (bicyclic) bond motifs is 2. The summed E-state index contributed by atoms with van der Waals surface area (Å²) in [6.07, 6.45) is 14.3. The molecule has 0 saturated carbocycles. The number of carbonyl (C=O) groups is 1. The number of likely N-dealkylation sites (tertiary alicyclic amines) is 1. The van der Waals surface area contributed by atoms with Gasteiger partial charge < -0.3 is 10.2 Å². The molecule has 3 atom stereocenters. The molecule has 27 heavy (non-hydrogen) atoms. The molecule has 1 heterocycles. The molecule has 0 aromatic carbocycles. The van der Waals surface area contributed by atoms with Gasteiger partial charge in [-0.2, -0.15) is 0 Å². The molecule has 0 aromatic heterocycles. The van der Waals surface area contributed by atoms with Gasteiger partial charge in [0.2, 0.25) is 0 Å². The SMILES string of the molecule is CC(C)SNC1CCN(C(=O)NC2C3=C(CCCC3)C3C=CCC[C@H]32)CC1. The zero-order chi connectivity index (χ0) is 18.8. The molecule has 4 aliphatic rings. The standard InChI is InChI=1S/C22H35N3OS/c1-15(2)27-24-16-11-13-25(14-12-16)22(26)23-21-19-9-5-3-7-17(19)18-8-4-6-10-20(18)21/h3,7,15-17,19,21,24H,4-6,8-14H2,1-2H3,(H,23,26)/t17?,19-,21?/m1/s1. The van der Waals surface area contributed by atoms with Gasteiger partial charge in [0.1, 0.15) is 0 Å². The minimum absolute atomic E-state index is 0.169. The van der Waals surface area contributed by atoms with E-state index in [0.717, 1.165) is 25.9 Å². The van der Waals surface area contributed by atoms with Gasteiger partial charge in [-0.15, -0.1) is 0 Å². The van der Waals surface area contributed by atoms with Crippen molar-refractivity contribution < 1.29 is 4.79 Å². The number of hydrogen-bond donors (Lipinski definition) is 2. The maximum atomic E-state index is 13.0. The smallest absolute Gasteiger partial charge is 0.317 e. The number of rotatable bonds is 4. The molecule has 0 aromatic rings. The summed E-state index contributed by atoms with van der Waals surface area (Å²) < 4.78 is 3.57. The Hall–Kier alpha value is -0.940. The van der Waals surface area contributed by atoms with E-state index in [0.29, 0.717) is 23.1 Å². The van der Waals surface area contributed by atoms with Crippen molar-refractivity contribution in [1.82, 2.24) is 14.9 Å². The van der Waals surface area contributed by atoms with Crippen LogP contribution in [0.2, 0.25) is 0 Å². The summed E-state index contributed by atoms with van der Waals surface area (Å²) in [4.78, 5) is 15.1. The number of hydrogen-bond acceptors (Lipinski definition) is 3. The van der Waals surface area contributed by atoms with E-state index >= 15 is 0 Å². The van der Waals surface area contributed by atoms with Crippen molar-refractivity contribution in [1.29, 1.82) is 0 Å². The fraction of sp³-hybridized carbons (Fsp3) is 0.773. The molecule has 0 spiro atoms. The third kappa shape index (κ3) is 4.24. The molecule has 2 amide bonds. The van der Waals surface area contributed by atoms with E-state index in [1.165, 1.54) is 38.5 Å². The second kappa shape index (κ2) is 8.60. The molecule has 1 fully saturated rings. The fourth-order valence-corrected chi connectivity index (χ4v) is 6.10. The quantitative estimate of drug-likeness (QED) is 0.544. The van der Waals surface area contributed by atoms with Crippen LogP contribution in [0.3, 0.4) is 0 Å². The highest BCUT2D eigenvalue weighted by molar-refractivity contribution is 7.98. The van der Waals surface area contributed by atoms with Gasteiger partial charge in [-0.3, -0.25) is 4.72 Å². The monoisotopic (exact) mass is 389 g/mol. The lowest BCUT2D eigenvalue weighted by atomic mass is 9.81. The Bertz CT molecular complexity index is 607. The van der Waals surface area contributed by atoms with Gasteiger partial charge in [-0.25, -0.2) is 4.79 Å². The Balaban J connectivity index is 1.35. The summed E-state index contributed by atoms with van der Waals surface area (Å²) in [6.45, 7) is 6.16. The molecule has 2 unspecified atom stereocenters. The van der Waals surface area contributed by atoms with Crippen LogP contribution in [-0.4, -0.2) is 41.4 Å². The van der Waals surface area contributed by atoms with E-state index in [1.807, 2.05) is 16.8 Å². The maximum absolute atomic E-state index is 13.0. The summed E-state index contributed by atoms with van der Waals surface area (Å²) >= 11 is 1.82. The number of carbonyl (C=O) groups excluding carboxylic acids is 1. The average molecular weight is 390 g/mol. The largest absolute Gasteiger partial charge is 0.331 e. The van der Waals surface area contributed by atoms with Gasteiger partial charge in [-0.1, -0.05) is 43.5 Å². The minimum atomic E-state index is 0.169. The molecule has 3 aliphatic carbocycles. The fourth-order valence-electron chi connectivity index (χ4n) is 5.40. The van der Waals surface area contributed by atoms with Crippen LogP contribution in [0.1, 0.15) is 65.2 Å². The Labute approximate surface area is 168 Å². The summed E-state index contributed by atoms with van der Waals surface area (Å²) in [6, 6.07) is 0.992. The van der Waals surface area contributed by atoms with E-state index in [9.17, 15) is 4.79 Å². The third-order valence-electron chi connectivity index (χ3n) is 6.76. The normalized spacial score (nSPS) is 31.2. The highest BCUT2D eigenvalue weighted by Gasteiger charge is 2.43. The number of urea groups is 1. The lowest BCUT2D eigenvalue weighted by Gasteiger charge is -2.35. The average Bonchev–Trinajstić information content (AvgIpc) is 3.01. The lowest BCUT2D eigenvalue weighted by Crippen LogP contribution is -2.51. The van der Waals surface area contributed by atoms with Crippen LogP contribution in [0.5, 0.6) is 0 Å². The zero-order valence-corrected chi connectivity index (χ0v) is 17.7. The Morgan fingerprint density at radius 2 is 1.89 bits per heavy atom. The lowest BCUT2D eigenvalue weighted by molar-refractivity contribution is 0.173. The van der Waals surface area contributed by atoms with Crippen LogP contribution in [0.4, 0.5) is 4.79 Å². The first-order valence-corrected chi connectivity index (χ1v) is 11.9.